The third kappa shape index (κ3) is 1.09. The van der Waals surface area contributed by atoms with Crippen molar-refractivity contribution in [1.82, 2.24) is 4.90 Å². The maximum atomic E-state index is 6.19. The van der Waals surface area contributed by atoms with E-state index in [1.165, 1.54) is 19.3 Å². The van der Waals surface area contributed by atoms with Crippen molar-refractivity contribution in [3.8, 4) is 0 Å². The van der Waals surface area contributed by atoms with E-state index in [-0.39, 0.29) is 5.54 Å². The van der Waals surface area contributed by atoms with Gasteiger partial charge in [-0.05, 0) is 33.1 Å². The zero-order chi connectivity index (χ0) is 8.06. The molecule has 0 aromatic heterocycles. The predicted octanol–water partition coefficient (Wildman–Crippen LogP) is 0.960. The quantitative estimate of drug-likeness (QED) is 0.609. The molecule has 2 heteroatoms. The van der Waals surface area contributed by atoms with E-state index in [0.717, 1.165) is 12.6 Å². The molecule has 0 radical (unpaired) electrons. The molecule has 1 saturated carbocycles. The molecule has 0 aromatic rings. The van der Waals surface area contributed by atoms with Crippen molar-refractivity contribution in [3.05, 3.63) is 0 Å². The fourth-order valence-corrected chi connectivity index (χ4v) is 2.65. The lowest BCUT2D eigenvalue weighted by Crippen LogP contribution is -2.46. The maximum Gasteiger partial charge on any atom is 0.0299 e. The van der Waals surface area contributed by atoms with Crippen molar-refractivity contribution >= 4 is 0 Å². The van der Waals surface area contributed by atoms with Crippen LogP contribution in [0.25, 0.3) is 0 Å². The molecule has 0 spiro atoms. The Morgan fingerprint density at radius 1 is 1.55 bits per heavy atom. The van der Waals surface area contributed by atoms with E-state index in [2.05, 4.69) is 18.7 Å². The Balaban J connectivity index is 2.10. The highest BCUT2D eigenvalue weighted by molar-refractivity contribution is 5.06. The highest BCUT2D eigenvalue weighted by Gasteiger charge is 2.47. The summed E-state index contributed by atoms with van der Waals surface area (Å²) in [6.07, 6.45) is 3.82. The van der Waals surface area contributed by atoms with Gasteiger partial charge in [-0.15, -0.1) is 0 Å². The molecule has 11 heavy (non-hydrogen) atoms. The minimum atomic E-state index is 0.189. The van der Waals surface area contributed by atoms with E-state index >= 15 is 0 Å². The topological polar surface area (TPSA) is 29.3 Å². The van der Waals surface area contributed by atoms with Gasteiger partial charge in [-0.1, -0.05) is 0 Å². The van der Waals surface area contributed by atoms with Crippen LogP contribution in [0, 0.1) is 0 Å². The summed E-state index contributed by atoms with van der Waals surface area (Å²) in [6.45, 7) is 5.67. The molecule has 2 fully saturated rings. The van der Waals surface area contributed by atoms with Gasteiger partial charge < -0.3 is 5.73 Å². The molecule has 1 saturated heterocycles. The first-order chi connectivity index (χ1) is 5.11. The fourth-order valence-electron chi connectivity index (χ4n) is 2.65. The number of hydrogen-bond donors (Lipinski definition) is 1. The number of nitrogens with zero attached hydrogens (tertiary/aromatic N) is 1. The summed E-state index contributed by atoms with van der Waals surface area (Å²) in [6, 6.07) is 1.49. The highest BCUT2D eigenvalue weighted by atomic mass is 15.2. The zero-order valence-electron chi connectivity index (χ0n) is 7.51. The fraction of sp³-hybridized carbons (Fsp3) is 1.00. The number of hydrogen-bond acceptors (Lipinski definition) is 2. The minimum absolute atomic E-state index is 0.189. The molecule has 2 rings (SSSR count). The van der Waals surface area contributed by atoms with E-state index in [0.29, 0.717) is 6.04 Å². The summed E-state index contributed by atoms with van der Waals surface area (Å²) in [5.74, 6) is 0. The molecule has 1 unspecified atom stereocenters. The van der Waals surface area contributed by atoms with Crippen LogP contribution in [0.1, 0.15) is 33.1 Å². The highest BCUT2D eigenvalue weighted by Crippen LogP contribution is 2.39. The van der Waals surface area contributed by atoms with Gasteiger partial charge in [0.2, 0.25) is 0 Å². The van der Waals surface area contributed by atoms with Crippen LogP contribution in [-0.2, 0) is 0 Å². The van der Waals surface area contributed by atoms with Crippen molar-refractivity contribution < 1.29 is 0 Å². The van der Waals surface area contributed by atoms with E-state index in [1.807, 2.05) is 0 Å². The molecule has 2 aliphatic rings. The summed E-state index contributed by atoms with van der Waals surface area (Å²) in [7, 11) is 0. The first-order valence-electron chi connectivity index (χ1n) is 4.65. The van der Waals surface area contributed by atoms with E-state index in [9.17, 15) is 0 Å². The summed E-state index contributed by atoms with van der Waals surface area (Å²) < 4.78 is 0. The van der Waals surface area contributed by atoms with Gasteiger partial charge in [-0.3, -0.25) is 4.90 Å². The van der Waals surface area contributed by atoms with Crippen molar-refractivity contribution in [3.63, 3.8) is 0 Å². The van der Waals surface area contributed by atoms with E-state index < -0.39 is 0 Å². The lowest BCUT2D eigenvalue weighted by atomic mass is 10.0. The second kappa shape index (κ2) is 2.20. The van der Waals surface area contributed by atoms with Crippen LogP contribution < -0.4 is 5.73 Å². The standard InChI is InChI=1S/C9H18N2/c1-7(2)11-6-9(10)4-3-8(11)5-9/h7-8H,3-6,10H2,1-2H3/t8-,9?/m0/s1. The lowest BCUT2D eigenvalue weighted by molar-refractivity contribution is 0.162. The van der Waals surface area contributed by atoms with Gasteiger partial charge in [-0.2, -0.15) is 0 Å². The van der Waals surface area contributed by atoms with Crippen molar-refractivity contribution in [1.29, 1.82) is 0 Å². The molecule has 64 valence electrons. The number of fused-ring (bicyclic) bond motifs is 2. The van der Waals surface area contributed by atoms with Crippen LogP contribution in [0.4, 0.5) is 0 Å². The first kappa shape index (κ1) is 7.56. The number of piperidine rings is 1. The van der Waals surface area contributed by atoms with Crippen molar-refractivity contribution in [2.45, 2.75) is 50.7 Å². The number of rotatable bonds is 1. The predicted molar refractivity (Wildman–Crippen MR) is 46.4 cm³/mol. The van der Waals surface area contributed by atoms with Gasteiger partial charge >= 0.3 is 0 Å². The van der Waals surface area contributed by atoms with Crippen molar-refractivity contribution in [2.24, 2.45) is 5.73 Å². The van der Waals surface area contributed by atoms with Gasteiger partial charge in [0, 0.05) is 24.2 Å². The molecule has 2 nitrogen and oxygen atoms in total. The van der Waals surface area contributed by atoms with Gasteiger partial charge in [0.15, 0.2) is 0 Å². The third-order valence-electron chi connectivity index (χ3n) is 3.25. The SMILES string of the molecule is CC(C)N1CC2(N)CC[C@H]1C2. The minimum Gasteiger partial charge on any atom is -0.324 e. The van der Waals surface area contributed by atoms with Gasteiger partial charge in [-0.25, -0.2) is 0 Å². The Morgan fingerprint density at radius 3 is 2.55 bits per heavy atom. The Morgan fingerprint density at radius 2 is 2.27 bits per heavy atom. The summed E-state index contributed by atoms with van der Waals surface area (Å²) in [5.41, 5.74) is 6.38. The van der Waals surface area contributed by atoms with Gasteiger partial charge in [0.05, 0.1) is 0 Å². The van der Waals surface area contributed by atoms with E-state index in [4.69, 9.17) is 5.73 Å². The Labute approximate surface area is 68.7 Å². The molecule has 0 amide bonds. The molecule has 2 bridgehead atoms. The molecular formula is C9H18N2. The van der Waals surface area contributed by atoms with Crippen LogP contribution in [0.3, 0.4) is 0 Å². The summed E-state index contributed by atoms with van der Waals surface area (Å²) in [5, 5.41) is 0. The zero-order valence-corrected chi connectivity index (χ0v) is 7.51. The van der Waals surface area contributed by atoms with Crippen LogP contribution >= 0.6 is 0 Å². The Hall–Kier alpha value is -0.0800. The van der Waals surface area contributed by atoms with Crippen LogP contribution in [-0.4, -0.2) is 29.1 Å². The normalized spacial score (nSPS) is 44.2. The van der Waals surface area contributed by atoms with E-state index in [1.54, 1.807) is 0 Å². The monoisotopic (exact) mass is 154 g/mol. The van der Waals surface area contributed by atoms with Gasteiger partial charge in [0.1, 0.15) is 0 Å². The molecular weight excluding hydrogens is 136 g/mol. The largest absolute Gasteiger partial charge is 0.324 e. The van der Waals surface area contributed by atoms with Crippen LogP contribution in [0.2, 0.25) is 0 Å². The molecule has 2 atom stereocenters. The van der Waals surface area contributed by atoms with Gasteiger partial charge in [0.25, 0.3) is 0 Å². The smallest absolute Gasteiger partial charge is 0.0299 e. The van der Waals surface area contributed by atoms with Crippen LogP contribution in [0.5, 0.6) is 0 Å². The maximum absolute atomic E-state index is 6.19. The molecule has 1 aliphatic carbocycles. The van der Waals surface area contributed by atoms with Crippen molar-refractivity contribution in [2.75, 3.05) is 6.54 Å². The molecule has 2 N–H and O–H groups in total. The second-order valence-electron chi connectivity index (χ2n) is 4.53. The molecule has 1 aliphatic heterocycles. The summed E-state index contributed by atoms with van der Waals surface area (Å²) >= 11 is 0. The molecule has 0 aromatic carbocycles. The summed E-state index contributed by atoms with van der Waals surface area (Å²) in [4.78, 5) is 2.56. The number of likely N-dealkylation sites (tertiary alicyclic amines) is 1. The Bertz CT molecular complexity index is 167. The number of nitrogens with two attached hydrogens (primary N) is 1. The average molecular weight is 154 g/mol. The average Bonchev–Trinajstić information content (AvgIpc) is 2.41. The molecule has 1 heterocycles. The Kier molecular flexibility index (Phi) is 1.52. The second-order valence-corrected chi connectivity index (χ2v) is 4.53. The van der Waals surface area contributed by atoms with Crippen LogP contribution in [0.15, 0.2) is 0 Å². The first-order valence-corrected chi connectivity index (χ1v) is 4.65. The third-order valence-corrected chi connectivity index (χ3v) is 3.25. The lowest BCUT2D eigenvalue weighted by Gasteiger charge is -2.33.